The summed E-state index contributed by atoms with van der Waals surface area (Å²) in [6, 6.07) is 5.41. The average molecular weight is 305 g/mol. The van der Waals surface area contributed by atoms with Gasteiger partial charge in [0.1, 0.15) is 0 Å². The van der Waals surface area contributed by atoms with E-state index in [9.17, 15) is 0 Å². The standard InChI is InChI=1S/C17H27N3O2/c1-21-17-12-14(3-8-19-17)2-7-18-15-4-9-20(10-5-15)16-6-11-22-13-16/h3,8,12,15-16,18H,2,4-7,9-11,13H2,1H3. The highest BCUT2D eigenvalue weighted by atomic mass is 16.5. The van der Waals surface area contributed by atoms with Crippen molar-refractivity contribution in [1.82, 2.24) is 15.2 Å². The lowest BCUT2D eigenvalue weighted by atomic mass is 10.0. The Morgan fingerprint density at radius 2 is 2.23 bits per heavy atom. The minimum atomic E-state index is 0.655. The first-order valence-electron chi connectivity index (χ1n) is 8.39. The van der Waals surface area contributed by atoms with Gasteiger partial charge in [-0.3, -0.25) is 4.90 Å². The van der Waals surface area contributed by atoms with Crippen LogP contribution in [0, 0.1) is 0 Å². The molecule has 0 radical (unpaired) electrons. The molecule has 5 nitrogen and oxygen atoms in total. The van der Waals surface area contributed by atoms with Gasteiger partial charge >= 0.3 is 0 Å². The number of hydrogen-bond donors (Lipinski definition) is 1. The third kappa shape index (κ3) is 4.18. The molecule has 0 bridgehead atoms. The Morgan fingerprint density at radius 1 is 1.36 bits per heavy atom. The van der Waals surface area contributed by atoms with E-state index < -0.39 is 0 Å². The number of likely N-dealkylation sites (tertiary alicyclic amines) is 1. The molecule has 1 N–H and O–H groups in total. The molecule has 0 spiro atoms. The molecule has 2 fully saturated rings. The molecule has 1 atom stereocenters. The van der Waals surface area contributed by atoms with Gasteiger partial charge < -0.3 is 14.8 Å². The molecule has 1 aromatic rings. The van der Waals surface area contributed by atoms with Gasteiger partial charge in [0.2, 0.25) is 5.88 Å². The van der Waals surface area contributed by atoms with E-state index in [1.165, 1.54) is 37.9 Å². The van der Waals surface area contributed by atoms with E-state index in [2.05, 4.69) is 21.3 Å². The molecule has 0 aliphatic carbocycles. The van der Waals surface area contributed by atoms with Gasteiger partial charge in [-0.25, -0.2) is 4.98 Å². The molecule has 2 aliphatic rings. The summed E-state index contributed by atoms with van der Waals surface area (Å²) in [6.45, 7) is 5.30. The number of hydrogen-bond acceptors (Lipinski definition) is 5. The minimum absolute atomic E-state index is 0.655. The molecule has 1 unspecified atom stereocenters. The van der Waals surface area contributed by atoms with Gasteiger partial charge in [0, 0.05) is 44.0 Å². The lowest BCUT2D eigenvalue weighted by Gasteiger charge is -2.35. The molecule has 2 saturated heterocycles. The monoisotopic (exact) mass is 305 g/mol. The van der Waals surface area contributed by atoms with Crippen molar-refractivity contribution >= 4 is 0 Å². The average Bonchev–Trinajstić information content (AvgIpc) is 3.10. The fourth-order valence-electron chi connectivity index (χ4n) is 3.42. The van der Waals surface area contributed by atoms with Crippen LogP contribution in [0.4, 0.5) is 0 Å². The predicted molar refractivity (Wildman–Crippen MR) is 86.3 cm³/mol. The molecule has 0 amide bonds. The van der Waals surface area contributed by atoms with Crippen LogP contribution in [0.3, 0.4) is 0 Å². The molecule has 2 aliphatic heterocycles. The molecule has 0 aromatic carbocycles. The van der Waals surface area contributed by atoms with Crippen molar-refractivity contribution in [3.8, 4) is 5.88 Å². The second-order valence-corrected chi connectivity index (χ2v) is 6.24. The lowest BCUT2D eigenvalue weighted by Crippen LogP contribution is -2.47. The van der Waals surface area contributed by atoms with Gasteiger partial charge in [0.05, 0.1) is 13.7 Å². The topological polar surface area (TPSA) is 46.6 Å². The first kappa shape index (κ1) is 15.7. The van der Waals surface area contributed by atoms with Crippen molar-refractivity contribution in [3.05, 3.63) is 23.9 Å². The largest absolute Gasteiger partial charge is 0.481 e. The van der Waals surface area contributed by atoms with E-state index >= 15 is 0 Å². The van der Waals surface area contributed by atoms with Gasteiger partial charge in [0.15, 0.2) is 0 Å². The number of pyridine rings is 1. The molecule has 1 aromatic heterocycles. The van der Waals surface area contributed by atoms with Gasteiger partial charge in [-0.05, 0) is 43.9 Å². The van der Waals surface area contributed by atoms with Crippen molar-refractivity contribution < 1.29 is 9.47 Å². The summed E-state index contributed by atoms with van der Waals surface area (Å²) in [4.78, 5) is 6.75. The van der Waals surface area contributed by atoms with E-state index in [1.807, 2.05) is 12.3 Å². The highest BCUT2D eigenvalue weighted by Crippen LogP contribution is 2.18. The number of nitrogens with zero attached hydrogens (tertiary/aromatic N) is 2. The SMILES string of the molecule is COc1cc(CCNC2CCN(C3CCOC3)CC2)ccn1. The molecule has 0 saturated carbocycles. The van der Waals surface area contributed by atoms with E-state index in [4.69, 9.17) is 9.47 Å². The zero-order valence-corrected chi connectivity index (χ0v) is 13.5. The summed E-state index contributed by atoms with van der Waals surface area (Å²) in [5, 5.41) is 3.70. The van der Waals surface area contributed by atoms with E-state index in [-0.39, 0.29) is 0 Å². The van der Waals surface area contributed by atoms with Crippen molar-refractivity contribution in [3.63, 3.8) is 0 Å². The number of rotatable bonds is 6. The van der Waals surface area contributed by atoms with Crippen LogP contribution in [0.25, 0.3) is 0 Å². The summed E-state index contributed by atoms with van der Waals surface area (Å²) >= 11 is 0. The first-order chi connectivity index (χ1) is 10.8. The Hall–Kier alpha value is -1.17. The predicted octanol–water partition coefficient (Wildman–Crippen LogP) is 1.48. The molecule has 3 rings (SSSR count). The fraction of sp³-hybridized carbons (Fsp3) is 0.706. The number of nitrogens with one attached hydrogen (secondary N) is 1. The maximum absolute atomic E-state index is 5.50. The number of ether oxygens (including phenoxy) is 2. The van der Waals surface area contributed by atoms with E-state index in [0.717, 1.165) is 26.2 Å². The second kappa shape index (κ2) is 7.90. The maximum Gasteiger partial charge on any atom is 0.213 e. The van der Waals surface area contributed by atoms with Crippen molar-refractivity contribution in [2.24, 2.45) is 0 Å². The van der Waals surface area contributed by atoms with Crippen LogP contribution in [0.1, 0.15) is 24.8 Å². The van der Waals surface area contributed by atoms with Crippen molar-refractivity contribution in [2.75, 3.05) is 40.0 Å². The van der Waals surface area contributed by atoms with Gasteiger partial charge in [-0.1, -0.05) is 0 Å². The highest BCUT2D eigenvalue weighted by Gasteiger charge is 2.27. The maximum atomic E-state index is 5.50. The summed E-state index contributed by atoms with van der Waals surface area (Å²) in [6.07, 6.45) is 6.54. The molecular formula is C17H27N3O2. The van der Waals surface area contributed by atoms with Crippen LogP contribution >= 0.6 is 0 Å². The Kier molecular flexibility index (Phi) is 5.64. The van der Waals surface area contributed by atoms with E-state index in [0.29, 0.717) is 18.0 Å². The zero-order valence-electron chi connectivity index (χ0n) is 13.5. The van der Waals surface area contributed by atoms with Crippen LogP contribution in [0.2, 0.25) is 0 Å². The van der Waals surface area contributed by atoms with Crippen LogP contribution in [-0.4, -0.2) is 61.9 Å². The first-order valence-corrected chi connectivity index (χ1v) is 8.39. The third-order valence-corrected chi connectivity index (χ3v) is 4.81. The van der Waals surface area contributed by atoms with Gasteiger partial charge in [0.25, 0.3) is 0 Å². The summed E-state index contributed by atoms with van der Waals surface area (Å²) in [5.74, 6) is 0.699. The zero-order chi connectivity index (χ0) is 15.2. The molecule has 122 valence electrons. The number of methoxy groups -OCH3 is 1. The third-order valence-electron chi connectivity index (χ3n) is 4.81. The highest BCUT2D eigenvalue weighted by molar-refractivity contribution is 5.20. The number of piperidine rings is 1. The Labute approximate surface area is 133 Å². The molecule has 5 heteroatoms. The summed E-state index contributed by atoms with van der Waals surface area (Å²) in [5.41, 5.74) is 1.28. The molecular weight excluding hydrogens is 278 g/mol. The summed E-state index contributed by atoms with van der Waals surface area (Å²) in [7, 11) is 1.66. The van der Waals surface area contributed by atoms with Crippen LogP contribution < -0.4 is 10.1 Å². The minimum Gasteiger partial charge on any atom is -0.481 e. The Morgan fingerprint density at radius 3 is 2.95 bits per heavy atom. The Bertz CT molecular complexity index is 455. The van der Waals surface area contributed by atoms with Crippen molar-refractivity contribution in [2.45, 2.75) is 37.8 Å². The van der Waals surface area contributed by atoms with Crippen LogP contribution in [0.5, 0.6) is 5.88 Å². The van der Waals surface area contributed by atoms with Crippen molar-refractivity contribution in [1.29, 1.82) is 0 Å². The second-order valence-electron chi connectivity index (χ2n) is 6.24. The normalized spacial score (nSPS) is 23.8. The summed E-state index contributed by atoms with van der Waals surface area (Å²) < 4.78 is 10.7. The quantitative estimate of drug-likeness (QED) is 0.862. The van der Waals surface area contributed by atoms with Crippen LogP contribution in [0.15, 0.2) is 18.3 Å². The smallest absolute Gasteiger partial charge is 0.213 e. The Balaban J connectivity index is 1.36. The van der Waals surface area contributed by atoms with Gasteiger partial charge in [-0.15, -0.1) is 0 Å². The number of aromatic nitrogens is 1. The molecule has 3 heterocycles. The fourth-order valence-corrected chi connectivity index (χ4v) is 3.42. The molecule has 22 heavy (non-hydrogen) atoms. The van der Waals surface area contributed by atoms with Crippen LogP contribution in [-0.2, 0) is 11.2 Å². The van der Waals surface area contributed by atoms with E-state index in [1.54, 1.807) is 7.11 Å². The lowest BCUT2D eigenvalue weighted by molar-refractivity contribution is 0.117. The van der Waals surface area contributed by atoms with Gasteiger partial charge in [-0.2, -0.15) is 0 Å².